The third-order valence-electron chi connectivity index (χ3n) is 3.75. The first kappa shape index (κ1) is 5.82. The minimum atomic E-state index is -4.56. The Kier molecular flexibility index (Phi) is 1.79. The summed E-state index contributed by atoms with van der Waals surface area (Å²) in [6.07, 6.45) is -38.0. The van der Waals surface area contributed by atoms with Crippen LogP contribution in [0.15, 0.2) is 35.8 Å². The lowest BCUT2D eigenvalue weighted by molar-refractivity contribution is -0.104. The Bertz CT molecular complexity index is 1590. The van der Waals surface area contributed by atoms with Gasteiger partial charge in [0.2, 0.25) is 0 Å². The van der Waals surface area contributed by atoms with Crippen LogP contribution < -0.4 is 4.74 Å². The smallest absolute Gasteiger partial charge is 0.132 e. The van der Waals surface area contributed by atoms with Gasteiger partial charge < -0.3 is 9.47 Å². The van der Waals surface area contributed by atoms with E-state index in [-0.39, 0.29) is 0 Å². The SMILES string of the molecule is [2H]C([2H])([2H])Oc1ccsc1C([2H])([2H])CC([2H])([2H])C([2H])([2H])[C@@]1(c2ccccn2)C([2H])([2H])C([2H])([2H])OC2(C([2H])([2H])C([2H])([2H])C([2H])([2H])C2([2H])[2H])C1([2H])[2H]. The molecule has 4 heteroatoms. The van der Waals surface area contributed by atoms with Crippen LogP contribution >= 0.6 is 11.3 Å². The van der Waals surface area contributed by atoms with Crippen LogP contribution in [0.2, 0.25) is 0 Å². The Morgan fingerprint density at radius 3 is 3.07 bits per heavy atom. The van der Waals surface area contributed by atoms with Crippen molar-refractivity contribution in [1.29, 1.82) is 0 Å². The molecule has 2 aromatic heterocycles. The molecule has 1 atom stereocenters. The molecule has 1 aliphatic heterocycles. The lowest BCUT2D eigenvalue weighted by Gasteiger charge is -2.46. The first-order valence-electron chi connectivity index (χ1n) is 19.4. The second-order valence-corrected chi connectivity index (χ2v) is 6.39. The molecule has 4 rings (SSSR count). The number of thiophene rings is 1. The monoisotopic (exact) mass is 408 g/mol. The Morgan fingerprint density at radius 1 is 1.33 bits per heavy atom. The number of ether oxygens (including phenoxy) is 2. The van der Waals surface area contributed by atoms with E-state index in [2.05, 4.69) is 4.98 Å². The number of aryl methyl sites for hydroxylation is 1. The fourth-order valence-electron chi connectivity index (χ4n) is 2.53. The Balaban J connectivity index is 2.16. The molecule has 1 saturated heterocycles. The molecule has 146 valence electrons. The predicted octanol–water partition coefficient (Wildman–Crippen LogP) is 5.93. The van der Waals surface area contributed by atoms with E-state index in [9.17, 15) is 5.48 Å². The zero-order valence-corrected chi connectivity index (χ0v) is 14.7. The van der Waals surface area contributed by atoms with Crippen molar-refractivity contribution in [2.24, 2.45) is 0 Å². The Labute approximate surface area is 199 Å². The molecule has 0 unspecified atom stereocenters. The molecule has 0 N–H and O–H groups in total. The summed E-state index contributed by atoms with van der Waals surface area (Å²) in [6, 6.07) is 3.91. The van der Waals surface area contributed by atoms with E-state index in [4.69, 9.17) is 35.5 Å². The molecular weight excluding hydrogens is 354 g/mol. The first-order chi connectivity index (χ1) is 22.0. The van der Waals surface area contributed by atoms with Crippen LogP contribution in [-0.2, 0) is 16.5 Å². The number of hydrogen-bond donors (Lipinski definition) is 0. The fourth-order valence-corrected chi connectivity index (χ4v) is 3.24. The van der Waals surface area contributed by atoms with Crippen LogP contribution in [0.25, 0.3) is 0 Å². The molecule has 1 saturated carbocycles. The second kappa shape index (κ2) is 8.32. The molecule has 27 heavy (non-hydrogen) atoms. The molecule has 2 fully saturated rings. The predicted molar refractivity (Wildman–Crippen MR) is 111 cm³/mol. The van der Waals surface area contributed by atoms with Crippen LogP contribution in [0.1, 0.15) is 99.5 Å². The molecule has 3 nitrogen and oxygen atoms in total. The summed E-state index contributed by atoms with van der Waals surface area (Å²) in [6.45, 7) is -4.29. The van der Waals surface area contributed by atoms with Gasteiger partial charge in [-0.3, -0.25) is 4.98 Å². The summed E-state index contributed by atoms with van der Waals surface area (Å²) in [5, 5.41) is 1.17. The molecule has 0 amide bonds. The zero-order chi connectivity index (χ0) is 39.0. The molecule has 2 aliphatic rings. The van der Waals surface area contributed by atoms with Crippen LogP contribution in [0.5, 0.6) is 5.75 Å². The van der Waals surface area contributed by atoms with E-state index in [1.165, 1.54) is 5.38 Å². The highest BCUT2D eigenvalue weighted by atomic mass is 32.1. The molecule has 0 radical (unpaired) electrons. The maximum absolute atomic E-state index is 9.45. The van der Waals surface area contributed by atoms with E-state index in [1.54, 1.807) is 0 Å². The summed E-state index contributed by atoms with van der Waals surface area (Å²) < 4.78 is 209. The van der Waals surface area contributed by atoms with Gasteiger partial charge >= 0.3 is 0 Å². The van der Waals surface area contributed by atoms with Crippen molar-refractivity contribution in [2.45, 2.75) is 74.8 Å². The maximum atomic E-state index is 9.45. The summed E-state index contributed by atoms with van der Waals surface area (Å²) in [7, 11) is -3.12. The number of nitrogens with zero attached hydrogens (tertiary/aromatic N) is 1. The van der Waals surface area contributed by atoms with Gasteiger partial charge in [0.1, 0.15) is 5.75 Å². The van der Waals surface area contributed by atoms with Crippen LogP contribution in [0.3, 0.4) is 0 Å². The van der Waals surface area contributed by atoms with Gasteiger partial charge in [-0.05, 0) is 68.2 Å². The van der Waals surface area contributed by atoms with E-state index < -0.39 is 105 Å². The fraction of sp³-hybridized carbons (Fsp3) is 0.609. The number of rotatable bonds is 7. The summed E-state index contributed by atoms with van der Waals surface area (Å²) in [5.41, 5.74) is -9.94. The number of methoxy groups -OCH3 is 1. The van der Waals surface area contributed by atoms with Gasteiger partial charge in [0.15, 0.2) is 0 Å². The summed E-state index contributed by atoms with van der Waals surface area (Å²) >= 11 is 0.531. The average molecular weight is 409 g/mol. The van der Waals surface area contributed by atoms with Crippen molar-refractivity contribution in [3.8, 4) is 5.75 Å². The van der Waals surface area contributed by atoms with E-state index >= 15 is 0 Å². The first-order valence-corrected chi connectivity index (χ1v) is 8.74. The van der Waals surface area contributed by atoms with Crippen molar-refractivity contribution in [3.63, 3.8) is 0 Å². The summed E-state index contributed by atoms with van der Waals surface area (Å²) in [4.78, 5) is 3.23. The van der Waals surface area contributed by atoms with Crippen LogP contribution in [0.4, 0.5) is 0 Å². The van der Waals surface area contributed by atoms with Gasteiger partial charge in [0.25, 0.3) is 0 Å². The average Bonchev–Trinajstić information content (AvgIpc) is 3.39. The Hall–Kier alpha value is -1.39. The largest absolute Gasteiger partial charge is 0.496 e. The number of aromatic nitrogens is 1. The van der Waals surface area contributed by atoms with Gasteiger partial charge in [0, 0.05) is 53.4 Å². The third kappa shape index (κ3) is 4.07. The number of hydrogen-bond acceptors (Lipinski definition) is 4. The van der Waals surface area contributed by atoms with Crippen LogP contribution in [-0.4, -0.2) is 24.2 Å². The molecule has 3 heterocycles. The van der Waals surface area contributed by atoms with Gasteiger partial charge in [-0.2, -0.15) is 0 Å². The van der Waals surface area contributed by atoms with Gasteiger partial charge in [-0.1, -0.05) is 25.2 Å². The van der Waals surface area contributed by atoms with Crippen molar-refractivity contribution in [3.05, 3.63) is 46.4 Å². The lowest BCUT2D eigenvalue weighted by atomic mass is 9.67. The highest BCUT2D eigenvalue weighted by Gasteiger charge is 2.48. The topological polar surface area (TPSA) is 31.4 Å². The van der Waals surface area contributed by atoms with Crippen molar-refractivity contribution in [2.75, 3.05) is 13.6 Å². The van der Waals surface area contributed by atoms with Gasteiger partial charge in [0.05, 0.1) is 19.5 Å². The molecule has 1 aliphatic carbocycles. The maximum Gasteiger partial charge on any atom is 0.132 e. The van der Waals surface area contributed by atoms with Crippen molar-refractivity contribution >= 4 is 11.3 Å². The van der Waals surface area contributed by atoms with Crippen LogP contribution in [0, 0.1) is 0 Å². The highest BCUT2D eigenvalue weighted by Crippen LogP contribution is 2.50. The van der Waals surface area contributed by atoms with Gasteiger partial charge in [-0.25, -0.2) is 0 Å². The summed E-state index contributed by atoms with van der Waals surface area (Å²) in [5.74, 6) is -0.598. The van der Waals surface area contributed by atoms with E-state index in [1.807, 2.05) is 0 Å². The third-order valence-corrected chi connectivity index (χ3v) is 4.60. The zero-order valence-electron chi connectivity index (χ0n) is 36.8. The Morgan fingerprint density at radius 2 is 2.26 bits per heavy atom. The van der Waals surface area contributed by atoms with E-state index in [0.29, 0.717) is 17.4 Å². The molecule has 2 aromatic rings. The molecule has 0 bridgehead atoms. The van der Waals surface area contributed by atoms with Crippen molar-refractivity contribution in [1.82, 2.24) is 4.98 Å². The normalized spacial score (nSPS) is 52.1. The molecule has 1 spiro atoms. The van der Waals surface area contributed by atoms with Crippen molar-refractivity contribution < 1.29 is 41.0 Å². The molecule has 0 aromatic carbocycles. The standard InChI is InChI=1S/C23H31NO2S/c1-25-19-10-17-27-20(19)8-2-4-11-22(21-9-3-7-15-24-21)14-16-26-23(18-22)12-5-6-13-23/h3,7,9-10,15,17H,2,4-6,8,11-14,16,18H2,1H3/t22-/m1/s1/i1D3,4D2,5D2,6D2,8D2,11D2,12D2,13D2,14D2,16D2,18D2. The lowest BCUT2D eigenvalue weighted by Crippen LogP contribution is -2.46. The number of pyridine rings is 1. The highest BCUT2D eigenvalue weighted by molar-refractivity contribution is 7.10. The quantitative estimate of drug-likeness (QED) is 0.569. The second-order valence-electron chi connectivity index (χ2n) is 5.47. The minimum Gasteiger partial charge on any atom is -0.496 e. The molecular formula is C23H31NO2S. The van der Waals surface area contributed by atoms with Gasteiger partial charge in [-0.15, -0.1) is 11.3 Å². The van der Waals surface area contributed by atoms with E-state index in [0.717, 1.165) is 24.4 Å². The minimum absolute atomic E-state index is 0.531.